The van der Waals surface area contributed by atoms with Gasteiger partial charge in [-0.15, -0.1) is 0 Å². The number of amides is 1. The topological polar surface area (TPSA) is 55.1 Å². The lowest BCUT2D eigenvalue weighted by molar-refractivity contribution is -0.138. The highest BCUT2D eigenvalue weighted by Gasteiger charge is 2.48. The lowest BCUT2D eigenvalue weighted by Crippen LogP contribution is -2.54. The monoisotopic (exact) mass is 238 g/mol. The van der Waals surface area contributed by atoms with E-state index in [-0.39, 0.29) is 11.3 Å². The van der Waals surface area contributed by atoms with Gasteiger partial charge in [0.2, 0.25) is 5.91 Å². The van der Waals surface area contributed by atoms with Gasteiger partial charge in [-0.3, -0.25) is 4.79 Å². The van der Waals surface area contributed by atoms with Crippen LogP contribution in [0.3, 0.4) is 0 Å². The first-order valence-corrected chi connectivity index (χ1v) is 7.04. The first kappa shape index (κ1) is 12.9. The quantitative estimate of drug-likeness (QED) is 0.744. The Kier molecular flexibility index (Phi) is 3.48. The fraction of sp³-hybridized carbons (Fsp3) is 0.929. The van der Waals surface area contributed by atoms with Crippen LogP contribution in [0.25, 0.3) is 0 Å². The van der Waals surface area contributed by atoms with Crippen molar-refractivity contribution in [1.29, 1.82) is 0 Å². The maximum absolute atomic E-state index is 12.2. The average Bonchev–Trinajstić information content (AvgIpc) is 3.02. The van der Waals surface area contributed by atoms with E-state index in [1.54, 1.807) is 0 Å². The van der Waals surface area contributed by atoms with Gasteiger partial charge < -0.3 is 11.1 Å². The van der Waals surface area contributed by atoms with Crippen molar-refractivity contribution in [3.8, 4) is 0 Å². The Bertz CT molecular complexity index is 291. The van der Waals surface area contributed by atoms with Crippen molar-refractivity contribution in [3.63, 3.8) is 0 Å². The minimum atomic E-state index is -0.234. The van der Waals surface area contributed by atoms with Crippen LogP contribution in [0.4, 0.5) is 0 Å². The molecule has 2 aliphatic carbocycles. The summed E-state index contributed by atoms with van der Waals surface area (Å²) in [6.07, 6.45) is 6.97. The van der Waals surface area contributed by atoms with E-state index in [1.807, 2.05) is 0 Å². The van der Waals surface area contributed by atoms with E-state index >= 15 is 0 Å². The molecule has 2 rings (SSSR count). The first-order chi connectivity index (χ1) is 8.06. The molecule has 0 saturated heterocycles. The van der Waals surface area contributed by atoms with Crippen LogP contribution in [0.2, 0.25) is 0 Å². The minimum Gasteiger partial charge on any atom is -0.355 e. The van der Waals surface area contributed by atoms with Crippen molar-refractivity contribution in [2.75, 3.05) is 13.1 Å². The van der Waals surface area contributed by atoms with Crippen LogP contribution in [-0.4, -0.2) is 19.0 Å². The third kappa shape index (κ3) is 2.49. The number of hydrogen-bond acceptors (Lipinski definition) is 2. The second-order valence-electron chi connectivity index (χ2n) is 6.43. The Morgan fingerprint density at radius 3 is 2.47 bits per heavy atom. The van der Waals surface area contributed by atoms with Crippen LogP contribution in [0.5, 0.6) is 0 Å². The molecule has 0 radical (unpaired) electrons. The number of rotatable bonds is 6. The second kappa shape index (κ2) is 4.60. The SMILES string of the molecule is CCCC1(CNC(=O)C2(CN)CC(C)C2)CC1. The van der Waals surface area contributed by atoms with Crippen LogP contribution in [0, 0.1) is 16.7 Å². The Labute approximate surface area is 105 Å². The Morgan fingerprint density at radius 2 is 2.06 bits per heavy atom. The van der Waals surface area contributed by atoms with Crippen LogP contribution in [0.1, 0.15) is 52.4 Å². The van der Waals surface area contributed by atoms with Gasteiger partial charge in [0.1, 0.15) is 0 Å². The van der Waals surface area contributed by atoms with E-state index in [0.717, 1.165) is 19.4 Å². The molecule has 0 bridgehead atoms. The van der Waals surface area contributed by atoms with Gasteiger partial charge in [-0.1, -0.05) is 20.3 Å². The van der Waals surface area contributed by atoms with Crippen molar-refractivity contribution in [1.82, 2.24) is 5.32 Å². The van der Waals surface area contributed by atoms with Crippen LogP contribution in [0.15, 0.2) is 0 Å². The number of hydrogen-bond donors (Lipinski definition) is 2. The normalized spacial score (nSPS) is 33.9. The largest absolute Gasteiger partial charge is 0.355 e. The lowest BCUT2D eigenvalue weighted by atomic mass is 9.62. The fourth-order valence-electron chi connectivity index (χ4n) is 3.40. The van der Waals surface area contributed by atoms with Gasteiger partial charge in [0, 0.05) is 13.1 Å². The molecule has 0 aliphatic heterocycles. The highest BCUT2D eigenvalue weighted by molar-refractivity contribution is 5.84. The summed E-state index contributed by atoms with van der Waals surface area (Å²) >= 11 is 0. The average molecular weight is 238 g/mol. The van der Waals surface area contributed by atoms with Gasteiger partial charge in [0.05, 0.1) is 5.41 Å². The van der Waals surface area contributed by atoms with Crippen LogP contribution >= 0.6 is 0 Å². The van der Waals surface area contributed by atoms with E-state index in [0.29, 0.717) is 17.9 Å². The van der Waals surface area contributed by atoms with E-state index in [2.05, 4.69) is 19.2 Å². The highest BCUT2D eigenvalue weighted by atomic mass is 16.2. The van der Waals surface area contributed by atoms with Crippen molar-refractivity contribution in [2.24, 2.45) is 22.5 Å². The lowest BCUT2D eigenvalue weighted by Gasteiger charge is -2.44. The van der Waals surface area contributed by atoms with E-state index in [9.17, 15) is 4.79 Å². The van der Waals surface area contributed by atoms with Gasteiger partial charge in [-0.25, -0.2) is 0 Å². The number of carbonyl (C=O) groups excluding carboxylic acids is 1. The summed E-state index contributed by atoms with van der Waals surface area (Å²) in [6, 6.07) is 0. The van der Waals surface area contributed by atoms with Crippen LogP contribution in [-0.2, 0) is 4.79 Å². The molecule has 0 aromatic carbocycles. The summed E-state index contributed by atoms with van der Waals surface area (Å²) in [7, 11) is 0. The zero-order valence-corrected chi connectivity index (χ0v) is 11.2. The van der Waals surface area contributed by atoms with Crippen molar-refractivity contribution in [3.05, 3.63) is 0 Å². The summed E-state index contributed by atoms with van der Waals surface area (Å²) in [5.74, 6) is 0.871. The molecular weight excluding hydrogens is 212 g/mol. The maximum atomic E-state index is 12.2. The minimum absolute atomic E-state index is 0.209. The first-order valence-electron chi connectivity index (χ1n) is 7.04. The van der Waals surface area contributed by atoms with E-state index in [1.165, 1.54) is 25.7 Å². The van der Waals surface area contributed by atoms with Crippen molar-refractivity contribution < 1.29 is 4.79 Å². The molecule has 3 nitrogen and oxygen atoms in total. The molecule has 2 aliphatic rings. The number of carbonyl (C=O) groups is 1. The van der Waals surface area contributed by atoms with Gasteiger partial charge in [-0.2, -0.15) is 0 Å². The van der Waals surface area contributed by atoms with E-state index < -0.39 is 0 Å². The molecule has 3 heteroatoms. The predicted octanol–water partition coefficient (Wildman–Crippen LogP) is 2.06. The Hall–Kier alpha value is -0.570. The molecule has 3 N–H and O–H groups in total. The molecule has 0 aromatic heterocycles. The summed E-state index contributed by atoms with van der Waals surface area (Å²) < 4.78 is 0. The van der Waals surface area contributed by atoms with Gasteiger partial charge in [-0.05, 0) is 43.4 Å². The molecule has 1 amide bonds. The Morgan fingerprint density at radius 1 is 1.41 bits per heavy atom. The molecule has 98 valence electrons. The third-order valence-electron chi connectivity index (χ3n) is 4.71. The van der Waals surface area contributed by atoms with Gasteiger partial charge in [0.15, 0.2) is 0 Å². The molecule has 0 heterocycles. The zero-order chi connectivity index (χ0) is 12.5. The molecule has 17 heavy (non-hydrogen) atoms. The number of nitrogens with one attached hydrogen (secondary N) is 1. The molecular formula is C14H26N2O. The van der Waals surface area contributed by atoms with Crippen molar-refractivity contribution >= 4 is 5.91 Å². The fourth-order valence-corrected chi connectivity index (χ4v) is 3.40. The van der Waals surface area contributed by atoms with Crippen LogP contribution < -0.4 is 11.1 Å². The number of nitrogens with two attached hydrogens (primary N) is 1. The molecule has 2 saturated carbocycles. The molecule has 0 aromatic rings. The Balaban J connectivity index is 1.81. The summed E-state index contributed by atoms with van der Waals surface area (Å²) in [6.45, 7) is 5.79. The molecule has 0 atom stereocenters. The summed E-state index contributed by atoms with van der Waals surface area (Å²) in [5, 5.41) is 3.17. The second-order valence-corrected chi connectivity index (χ2v) is 6.43. The molecule has 0 spiro atoms. The maximum Gasteiger partial charge on any atom is 0.227 e. The molecule has 0 unspecified atom stereocenters. The predicted molar refractivity (Wildman–Crippen MR) is 69.5 cm³/mol. The molecule has 2 fully saturated rings. The summed E-state index contributed by atoms with van der Waals surface area (Å²) in [4.78, 5) is 12.2. The zero-order valence-electron chi connectivity index (χ0n) is 11.2. The highest BCUT2D eigenvalue weighted by Crippen LogP contribution is 2.50. The van der Waals surface area contributed by atoms with E-state index in [4.69, 9.17) is 5.73 Å². The van der Waals surface area contributed by atoms with Gasteiger partial charge >= 0.3 is 0 Å². The summed E-state index contributed by atoms with van der Waals surface area (Å²) in [5.41, 5.74) is 5.99. The third-order valence-corrected chi connectivity index (χ3v) is 4.71. The standard InChI is InChI=1S/C14H26N2O/c1-3-4-13(5-6-13)10-16-12(17)14(9-15)7-11(2)8-14/h11H,3-10,15H2,1-2H3,(H,16,17). The smallest absolute Gasteiger partial charge is 0.227 e. The van der Waals surface area contributed by atoms with Gasteiger partial charge in [0.25, 0.3) is 0 Å². The van der Waals surface area contributed by atoms with Crippen molar-refractivity contribution in [2.45, 2.75) is 52.4 Å².